The van der Waals surface area contributed by atoms with E-state index in [1.807, 2.05) is 54.6 Å². The van der Waals surface area contributed by atoms with Crippen LogP contribution in [0.25, 0.3) is 16.5 Å². The fourth-order valence-corrected chi connectivity index (χ4v) is 6.56. The van der Waals surface area contributed by atoms with Gasteiger partial charge in [0.05, 0.1) is 11.5 Å². The minimum atomic E-state index is -1.01. The Kier molecular flexibility index (Phi) is 11.9. The number of carbonyl (C=O) groups is 2. The van der Waals surface area contributed by atoms with E-state index in [-0.39, 0.29) is 24.2 Å². The van der Waals surface area contributed by atoms with Gasteiger partial charge in [-0.25, -0.2) is 4.79 Å². The molecule has 1 aliphatic heterocycles. The Bertz CT molecular complexity index is 1550. The average Bonchev–Trinajstić information content (AvgIpc) is 3.57. The van der Waals surface area contributed by atoms with Crippen molar-refractivity contribution in [2.45, 2.75) is 111 Å². The fourth-order valence-electron chi connectivity index (χ4n) is 6.56. The normalized spacial score (nSPS) is 16.0. The Morgan fingerprint density at radius 1 is 1.07 bits per heavy atom. The average molecular weight is 611 g/mol. The van der Waals surface area contributed by atoms with E-state index in [1.54, 1.807) is 6.92 Å². The van der Waals surface area contributed by atoms with E-state index < -0.39 is 5.54 Å². The minimum Gasteiger partial charge on any atom is -0.513 e. The highest BCUT2D eigenvalue weighted by molar-refractivity contribution is 6.02. The molecule has 0 spiro atoms. The number of allylic oxidation sites excluding steroid dienone is 5. The maximum atomic E-state index is 13.7. The van der Waals surface area contributed by atoms with Crippen molar-refractivity contribution in [3.8, 4) is 0 Å². The number of aryl methyl sites for hydroxylation is 2. The third kappa shape index (κ3) is 7.78. The highest BCUT2D eigenvalue weighted by Gasteiger charge is 2.44. The molecule has 0 atom stereocenters. The number of hydrogen-bond donors (Lipinski definition) is 2. The van der Waals surface area contributed by atoms with E-state index in [2.05, 4.69) is 43.3 Å². The monoisotopic (exact) mass is 610 g/mol. The molecule has 45 heavy (non-hydrogen) atoms. The minimum absolute atomic E-state index is 0.187. The molecule has 3 aromatic rings. The van der Waals surface area contributed by atoms with Crippen LogP contribution in [0.2, 0.25) is 0 Å². The van der Waals surface area contributed by atoms with Crippen molar-refractivity contribution in [2.24, 2.45) is 0 Å². The van der Waals surface area contributed by atoms with Crippen molar-refractivity contribution in [3.63, 3.8) is 0 Å². The van der Waals surface area contributed by atoms with Gasteiger partial charge in [-0.05, 0) is 80.4 Å². The van der Waals surface area contributed by atoms with Crippen molar-refractivity contribution in [3.05, 3.63) is 101 Å². The molecule has 1 aliphatic carbocycles. The number of rotatable bonds is 10. The highest BCUT2D eigenvalue weighted by Crippen LogP contribution is 2.39. The molecule has 2 aliphatic rings. The molecule has 1 saturated carbocycles. The van der Waals surface area contributed by atoms with E-state index in [0.29, 0.717) is 18.4 Å². The van der Waals surface area contributed by atoms with Gasteiger partial charge in [0.25, 0.3) is 5.91 Å². The second kappa shape index (κ2) is 15.8. The number of carbonyl (C=O) groups excluding carboxylic acids is 2. The number of aliphatic hydroxyl groups is 1. The van der Waals surface area contributed by atoms with Crippen LogP contribution in [0.1, 0.15) is 113 Å². The first-order valence-corrected chi connectivity index (χ1v) is 16.7. The first kappa shape index (κ1) is 33.8. The summed E-state index contributed by atoms with van der Waals surface area (Å²) in [5.41, 5.74) is 5.98. The Hall–Kier alpha value is -4.06. The molecule has 6 nitrogen and oxygen atoms in total. The van der Waals surface area contributed by atoms with E-state index in [0.717, 1.165) is 84.8 Å². The number of unbranched alkanes of at least 4 members (excludes halogenated alkanes) is 1. The van der Waals surface area contributed by atoms with Gasteiger partial charge in [0.1, 0.15) is 12.1 Å². The van der Waals surface area contributed by atoms with Crippen LogP contribution in [-0.2, 0) is 29.1 Å². The molecule has 2 heterocycles. The van der Waals surface area contributed by atoms with Crippen molar-refractivity contribution < 1.29 is 19.4 Å². The van der Waals surface area contributed by atoms with Gasteiger partial charge >= 0.3 is 5.97 Å². The molecule has 0 unspecified atom stereocenters. The molecule has 1 fully saturated rings. The number of benzene rings is 2. The molecule has 0 bridgehead atoms. The lowest BCUT2D eigenvalue weighted by molar-refractivity contribution is -0.152. The number of aliphatic hydroxyl groups excluding tert-OH is 1. The number of aromatic nitrogens is 1. The van der Waals surface area contributed by atoms with Crippen LogP contribution in [0, 0.1) is 0 Å². The lowest BCUT2D eigenvalue weighted by atomic mass is 9.95. The number of esters is 1. The number of ether oxygens (including phenoxy) is 1. The summed E-state index contributed by atoms with van der Waals surface area (Å²) in [5.74, 6) is -0.336. The van der Waals surface area contributed by atoms with E-state index in [4.69, 9.17) is 4.74 Å². The van der Waals surface area contributed by atoms with Crippen LogP contribution in [0.5, 0.6) is 0 Å². The van der Waals surface area contributed by atoms with Gasteiger partial charge in [-0.15, -0.1) is 0 Å². The van der Waals surface area contributed by atoms with Crippen molar-refractivity contribution >= 4 is 28.4 Å². The SMILES string of the molecule is C=CC1=C(/C=C(\C)O)CCCn2c1c(CCCC)c1ccc(C(=O)NC3(C(=O)OCc4ccccc4)CCCC3)cc12.CCC. The van der Waals surface area contributed by atoms with Gasteiger partial charge in [0.2, 0.25) is 0 Å². The molecular weight excluding hydrogens is 560 g/mol. The largest absolute Gasteiger partial charge is 0.513 e. The zero-order chi connectivity index (χ0) is 32.4. The van der Waals surface area contributed by atoms with E-state index in [1.165, 1.54) is 12.0 Å². The van der Waals surface area contributed by atoms with Crippen LogP contribution >= 0.6 is 0 Å². The molecule has 0 radical (unpaired) electrons. The number of nitrogens with zero attached hydrogens (tertiary/aromatic N) is 1. The molecular formula is C39H50N2O4. The van der Waals surface area contributed by atoms with Crippen molar-refractivity contribution in [2.75, 3.05) is 0 Å². The predicted octanol–water partition coefficient (Wildman–Crippen LogP) is 9.38. The Morgan fingerprint density at radius 3 is 2.42 bits per heavy atom. The van der Waals surface area contributed by atoms with Gasteiger partial charge in [-0.1, -0.05) is 95.5 Å². The zero-order valence-electron chi connectivity index (χ0n) is 27.6. The summed E-state index contributed by atoms with van der Waals surface area (Å²) in [7, 11) is 0. The summed E-state index contributed by atoms with van der Waals surface area (Å²) in [6, 6.07) is 15.5. The molecule has 0 saturated heterocycles. The number of hydrogen-bond acceptors (Lipinski definition) is 4. The van der Waals surface area contributed by atoms with Gasteiger partial charge < -0.3 is 19.7 Å². The first-order chi connectivity index (χ1) is 21.8. The third-order valence-corrected chi connectivity index (χ3v) is 8.64. The smallest absolute Gasteiger partial charge is 0.332 e. The number of amides is 1. The molecule has 2 N–H and O–H groups in total. The quantitative estimate of drug-likeness (QED) is 0.177. The Morgan fingerprint density at radius 2 is 1.78 bits per heavy atom. The fraction of sp³-hybridized carbons (Fsp3) is 0.436. The number of fused-ring (bicyclic) bond motifs is 3. The van der Waals surface area contributed by atoms with Crippen LogP contribution < -0.4 is 5.32 Å². The van der Waals surface area contributed by atoms with Crippen molar-refractivity contribution in [1.29, 1.82) is 0 Å². The molecule has 1 aromatic heterocycles. The second-order valence-corrected chi connectivity index (χ2v) is 12.4. The maximum absolute atomic E-state index is 13.7. The van der Waals surface area contributed by atoms with Crippen LogP contribution in [-0.4, -0.2) is 27.1 Å². The summed E-state index contributed by atoms with van der Waals surface area (Å²) in [6.45, 7) is 13.3. The predicted molar refractivity (Wildman–Crippen MR) is 184 cm³/mol. The lowest BCUT2D eigenvalue weighted by Crippen LogP contribution is -2.53. The second-order valence-electron chi connectivity index (χ2n) is 12.4. The van der Waals surface area contributed by atoms with E-state index in [9.17, 15) is 14.7 Å². The zero-order valence-corrected chi connectivity index (χ0v) is 27.6. The molecule has 240 valence electrons. The van der Waals surface area contributed by atoms with Crippen LogP contribution in [0.4, 0.5) is 0 Å². The molecule has 2 aromatic carbocycles. The van der Waals surface area contributed by atoms with Gasteiger partial charge in [0.15, 0.2) is 0 Å². The summed E-state index contributed by atoms with van der Waals surface area (Å²) >= 11 is 0. The van der Waals surface area contributed by atoms with Gasteiger partial charge in [-0.3, -0.25) is 4.79 Å². The summed E-state index contributed by atoms with van der Waals surface area (Å²) < 4.78 is 8.04. The summed E-state index contributed by atoms with van der Waals surface area (Å²) in [6.07, 6.45) is 12.7. The Labute approximate surface area is 268 Å². The topological polar surface area (TPSA) is 80.6 Å². The van der Waals surface area contributed by atoms with Crippen LogP contribution in [0.15, 0.2) is 78.6 Å². The molecule has 6 heteroatoms. The molecule has 1 amide bonds. The lowest BCUT2D eigenvalue weighted by Gasteiger charge is -2.28. The van der Waals surface area contributed by atoms with Crippen LogP contribution in [0.3, 0.4) is 0 Å². The third-order valence-electron chi connectivity index (χ3n) is 8.64. The summed E-state index contributed by atoms with van der Waals surface area (Å²) in [5, 5.41) is 14.3. The maximum Gasteiger partial charge on any atom is 0.332 e. The summed E-state index contributed by atoms with van der Waals surface area (Å²) in [4.78, 5) is 27.1. The van der Waals surface area contributed by atoms with E-state index >= 15 is 0 Å². The van der Waals surface area contributed by atoms with Gasteiger partial charge in [-0.2, -0.15) is 0 Å². The van der Waals surface area contributed by atoms with Gasteiger partial charge in [0, 0.05) is 28.6 Å². The molecule has 5 rings (SSSR count). The number of nitrogens with one attached hydrogen (secondary N) is 1. The van der Waals surface area contributed by atoms with Crippen molar-refractivity contribution in [1.82, 2.24) is 9.88 Å². The highest BCUT2D eigenvalue weighted by atomic mass is 16.5. The Balaban J connectivity index is 0.00000148. The first-order valence-electron chi connectivity index (χ1n) is 16.7. The standard InChI is InChI=1S/C36H42N2O4.C3H8/c1-4-6-16-31-30-18-17-28(23-32(30)38-21-12-15-27(22-25(3)39)29(5-2)33(31)38)34(40)37-36(19-10-11-20-36)35(41)42-24-26-13-8-7-9-14-26;1-3-2/h5,7-9,13-14,17-18,22-23,39H,2,4,6,10-12,15-16,19-21,24H2,1,3H3,(H,37,40);3H2,1-2H3/b25-22+;.